The number of methoxy groups -OCH3 is 2. The zero-order chi connectivity index (χ0) is 16.1. The van der Waals surface area contributed by atoms with Crippen LogP contribution in [0.1, 0.15) is 18.9 Å². The summed E-state index contributed by atoms with van der Waals surface area (Å²) in [5, 5.41) is 13.7. The van der Waals surface area contributed by atoms with Gasteiger partial charge < -0.3 is 14.6 Å². The van der Waals surface area contributed by atoms with E-state index in [-0.39, 0.29) is 12.2 Å². The largest absolute Gasteiger partial charge is 0.493 e. The molecule has 2 rings (SSSR count). The van der Waals surface area contributed by atoms with Gasteiger partial charge in [0.15, 0.2) is 11.5 Å². The minimum absolute atomic E-state index is 0.256. The molecule has 6 heteroatoms. The number of rotatable bonds is 6. The summed E-state index contributed by atoms with van der Waals surface area (Å²) >= 11 is 0. The number of aryl methyl sites for hydroxylation is 1. The second-order valence-corrected chi connectivity index (χ2v) is 4.81. The monoisotopic (exact) mass is 304 g/mol. The number of ether oxygens (including phenoxy) is 2. The summed E-state index contributed by atoms with van der Waals surface area (Å²) in [5.41, 5.74) is 1.47. The molecule has 118 valence electrons. The molecule has 22 heavy (non-hydrogen) atoms. The van der Waals surface area contributed by atoms with Gasteiger partial charge in [-0.15, -0.1) is 0 Å². The fourth-order valence-electron chi connectivity index (χ4n) is 2.21. The molecule has 1 aromatic carbocycles. The van der Waals surface area contributed by atoms with Crippen molar-refractivity contribution in [3.05, 3.63) is 40.2 Å². The molecule has 0 saturated carbocycles. The van der Waals surface area contributed by atoms with Gasteiger partial charge >= 0.3 is 0 Å². The molecule has 0 radical (unpaired) electrons. The Bertz CT molecular complexity index is 710. The van der Waals surface area contributed by atoms with Gasteiger partial charge in [-0.2, -0.15) is 5.10 Å². The zero-order valence-electron chi connectivity index (χ0n) is 13.0. The zero-order valence-corrected chi connectivity index (χ0v) is 13.0. The molecule has 1 N–H and O–H groups in total. The second kappa shape index (κ2) is 7.09. The number of aliphatic hydroxyl groups excluding tert-OH is 1. The number of hydrogen-bond acceptors (Lipinski definition) is 5. The van der Waals surface area contributed by atoms with Gasteiger partial charge in [-0.25, -0.2) is 4.68 Å². The Morgan fingerprint density at radius 3 is 2.50 bits per heavy atom. The van der Waals surface area contributed by atoms with E-state index in [0.29, 0.717) is 29.3 Å². The van der Waals surface area contributed by atoms with E-state index in [2.05, 4.69) is 5.10 Å². The van der Waals surface area contributed by atoms with Crippen LogP contribution in [0, 0.1) is 0 Å². The van der Waals surface area contributed by atoms with E-state index < -0.39 is 0 Å². The van der Waals surface area contributed by atoms with E-state index in [4.69, 9.17) is 9.47 Å². The molecular formula is C16H20N2O4. The summed E-state index contributed by atoms with van der Waals surface area (Å²) in [5.74, 6) is 1.20. The van der Waals surface area contributed by atoms with Crippen LogP contribution in [0.2, 0.25) is 0 Å². The van der Waals surface area contributed by atoms with Crippen LogP contribution in [-0.2, 0) is 13.2 Å². The maximum Gasteiger partial charge on any atom is 0.272 e. The molecule has 0 saturated heterocycles. The molecule has 0 amide bonds. The van der Waals surface area contributed by atoms with E-state index >= 15 is 0 Å². The number of aromatic nitrogens is 2. The van der Waals surface area contributed by atoms with Crippen molar-refractivity contribution >= 4 is 0 Å². The van der Waals surface area contributed by atoms with Crippen molar-refractivity contribution in [3.63, 3.8) is 0 Å². The third-order valence-corrected chi connectivity index (χ3v) is 3.33. The van der Waals surface area contributed by atoms with Crippen molar-refractivity contribution in [2.24, 2.45) is 0 Å². The molecule has 6 nitrogen and oxygen atoms in total. The normalized spacial score (nSPS) is 10.5. The van der Waals surface area contributed by atoms with Gasteiger partial charge in [0.2, 0.25) is 0 Å². The smallest absolute Gasteiger partial charge is 0.272 e. The summed E-state index contributed by atoms with van der Waals surface area (Å²) in [4.78, 5) is 12.1. The molecule has 0 aliphatic carbocycles. The van der Waals surface area contributed by atoms with Gasteiger partial charge in [0, 0.05) is 17.7 Å². The highest BCUT2D eigenvalue weighted by molar-refractivity contribution is 5.64. The van der Waals surface area contributed by atoms with E-state index in [1.807, 2.05) is 13.0 Å². The molecule has 0 fully saturated rings. The topological polar surface area (TPSA) is 73.6 Å². The molecule has 1 aromatic heterocycles. The fourth-order valence-corrected chi connectivity index (χ4v) is 2.21. The molecule has 0 bridgehead atoms. The summed E-state index contributed by atoms with van der Waals surface area (Å²) in [6.07, 6.45) is 0.785. The molecule has 0 spiro atoms. The summed E-state index contributed by atoms with van der Waals surface area (Å²) in [7, 11) is 3.13. The van der Waals surface area contributed by atoms with Gasteiger partial charge in [0.05, 0.1) is 26.5 Å². The summed E-state index contributed by atoms with van der Waals surface area (Å²) in [6, 6.07) is 7.02. The lowest BCUT2D eigenvalue weighted by Crippen LogP contribution is -2.26. The van der Waals surface area contributed by atoms with Gasteiger partial charge in [-0.1, -0.05) is 6.92 Å². The molecule has 0 atom stereocenters. The third-order valence-electron chi connectivity index (χ3n) is 3.33. The highest BCUT2D eigenvalue weighted by atomic mass is 16.5. The SMILES string of the molecule is CCCn1nc(-c2ccc(OC)c(OC)c2)cc(CO)c1=O. The minimum atomic E-state index is -0.314. The van der Waals surface area contributed by atoms with Gasteiger partial charge in [0.25, 0.3) is 5.56 Å². The Morgan fingerprint density at radius 1 is 1.18 bits per heavy atom. The minimum Gasteiger partial charge on any atom is -0.493 e. The van der Waals surface area contributed by atoms with Crippen molar-refractivity contribution in [2.75, 3.05) is 14.2 Å². The standard InChI is InChI=1S/C16H20N2O4/c1-4-7-18-16(20)12(10-19)8-13(17-18)11-5-6-14(21-2)15(9-11)22-3/h5-6,8-9,19H,4,7,10H2,1-3H3. The maximum absolute atomic E-state index is 12.1. The van der Waals surface area contributed by atoms with Crippen LogP contribution < -0.4 is 15.0 Å². The first-order chi connectivity index (χ1) is 10.6. The number of nitrogens with zero attached hydrogens (tertiary/aromatic N) is 2. The van der Waals surface area contributed by atoms with Crippen LogP contribution in [0.4, 0.5) is 0 Å². The fraction of sp³-hybridized carbons (Fsp3) is 0.375. The first-order valence-electron chi connectivity index (χ1n) is 7.08. The maximum atomic E-state index is 12.1. The number of benzene rings is 1. The highest BCUT2D eigenvalue weighted by Crippen LogP contribution is 2.31. The molecule has 0 aliphatic heterocycles. The lowest BCUT2D eigenvalue weighted by atomic mass is 10.1. The van der Waals surface area contributed by atoms with E-state index in [0.717, 1.165) is 12.0 Å². The van der Waals surface area contributed by atoms with E-state index in [9.17, 15) is 9.90 Å². The Morgan fingerprint density at radius 2 is 1.91 bits per heavy atom. The van der Waals surface area contributed by atoms with Crippen LogP contribution in [0.5, 0.6) is 11.5 Å². The summed E-state index contributed by atoms with van der Waals surface area (Å²) in [6.45, 7) is 2.16. The predicted molar refractivity (Wildman–Crippen MR) is 83.3 cm³/mol. The second-order valence-electron chi connectivity index (χ2n) is 4.81. The first-order valence-corrected chi connectivity index (χ1v) is 7.08. The third kappa shape index (κ3) is 3.12. The molecule has 0 unspecified atom stereocenters. The lowest BCUT2D eigenvalue weighted by molar-refractivity contribution is 0.278. The number of hydrogen-bond donors (Lipinski definition) is 1. The van der Waals surface area contributed by atoms with Crippen LogP contribution in [-0.4, -0.2) is 29.1 Å². The van der Waals surface area contributed by atoms with Crippen molar-refractivity contribution in [2.45, 2.75) is 26.5 Å². The Labute approximate surface area is 128 Å². The van der Waals surface area contributed by atoms with E-state index in [1.165, 1.54) is 4.68 Å². The molecule has 0 aliphatic rings. The predicted octanol–water partition coefficient (Wildman–Crippen LogP) is 1.83. The average Bonchev–Trinajstić information content (AvgIpc) is 2.56. The van der Waals surface area contributed by atoms with Gasteiger partial charge in [-0.05, 0) is 30.7 Å². The molecule has 2 aromatic rings. The molecule has 1 heterocycles. The Balaban J connectivity index is 2.56. The van der Waals surface area contributed by atoms with Crippen LogP contribution >= 0.6 is 0 Å². The average molecular weight is 304 g/mol. The van der Waals surface area contributed by atoms with Crippen molar-refractivity contribution < 1.29 is 14.6 Å². The lowest BCUT2D eigenvalue weighted by Gasteiger charge is -2.11. The quantitative estimate of drug-likeness (QED) is 0.881. The van der Waals surface area contributed by atoms with Crippen LogP contribution in [0.25, 0.3) is 11.3 Å². The van der Waals surface area contributed by atoms with Crippen molar-refractivity contribution in [1.82, 2.24) is 9.78 Å². The van der Waals surface area contributed by atoms with Gasteiger partial charge in [0.1, 0.15) is 0 Å². The van der Waals surface area contributed by atoms with E-state index in [1.54, 1.807) is 32.4 Å². The van der Waals surface area contributed by atoms with Gasteiger partial charge in [-0.3, -0.25) is 4.79 Å². The highest BCUT2D eigenvalue weighted by Gasteiger charge is 2.11. The van der Waals surface area contributed by atoms with Crippen molar-refractivity contribution in [1.29, 1.82) is 0 Å². The molecular weight excluding hydrogens is 284 g/mol. The first kappa shape index (κ1) is 16.0. The van der Waals surface area contributed by atoms with Crippen molar-refractivity contribution in [3.8, 4) is 22.8 Å². The Kier molecular flexibility index (Phi) is 5.16. The van der Waals surface area contributed by atoms with Crippen LogP contribution in [0.15, 0.2) is 29.1 Å². The summed E-state index contributed by atoms with van der Waals surface area (Å²) < 4.78 is 11.9. The van der Waals surface area contributed by atoms with Crippen LogP contribution in [0.3, 0.4) is 0 Å². The Hall–Kier alpha value is -2.34. The number of aliphatic hydroxyl groups is 1.